The number of aliphatic hydroxyl groups is 7. The molecule has 0 aliphatic carbocycles. The van der Waals surface area contributed by atoms with Crippen LogP contribution in [0.4, 0.5) is 0 Å². The molecule has 0 aromatic rings. The van der Waals surface area contributed by atoms with Gasteiger partial charge in [0.25, 0.3) is 0 Å². The molecule has 2 aliphatic rings. The topological polar surface area (TPSA) is 214 Å². The number of carbonyl (C=O) groups excluding carboxylic acids is 1. The van der Waals surface area contributed by atoms with Gasteiger partial charge in [0.15, 0.2) is 12.6 Å². The van der Waals surface area contributed by atoms with E-state index >= 15 is 0 Å². The summed E-state index contributed by atoms with van der Waals surface area (Å²) in [5.74, 6) is -0.462. The van der Waals surface area contributed by atoms with Crippen molar-refractivity contribution in [3.05, 3.63) is 60.8 Å². The molecule has 0 saturated carbocycles. The third-order valence-corrected chi connectivity index (χ3v) is 10.0. The lowest BCUT2D eigenvalue weighted by atomic mass is 9.98. The van der Waals surface area contributed by atoms with Crippen LogP contribution in [-0.2, 0) is 33.2 Å². The first-order valence-electron chi connectivity index (χ1n) is 21.9. The smallest absolute Gasteiger partial charge is 0.306 e. The second kappa shape index (κ2) is 33.3. The predicted octanol–water partition coefficient (Wildman–Crippen LogP) is 4.62. The molecule has 14 nitrogen and oxygen atoms in total. The average molecular weight is 841 g/mol. The molecule has 2 aliphatic heterocycles. The van der Waals surface area contributed by atoms with Gasteiger partial charge in [-0.05, 0) is 57.8 Å². The van der Waals surface area contributed by atoms with E-state index in [1.54, 1.807) is 0 Å². The monoisotopic (exact) mass is 841 g/mol. The molecule has 0 amide bonds. The summed E-state index contributed by atoms with van der Waals surface area (Å²) in [4.78, 5) is 12.9. The molecule has 59 heavy (non-hydrogen) atoms. The van der Waals surface area contributed by atoms with Crippen molar-refractivity contribution in [3.8, 4) is 0 Å². The Kier molecular flexibility index (Phi) is 29.8. The number of esters is 1. The molecule has 11 atom stereocenters. The molecule has 0 radical (unpaired) electrons. The van der Waals surface area contributed by atoms with Crippen LogP contribution in [0, 0.1) is 0 Å². The Morgan fingerprint density at radius 2 is 1.10 bits per heavy atom. The van der Waals surface area contributed by atoms with Crippen molar-refractivity contribution in [2.45, 2.75) is 184 Å². The highest BCUT2D eigenvalue weighted by atomic mass is 16.7. The molecule has 0 aromatic carbocycles. The van der Waals surface area contributed by atoms with Gasteiger partial charge >= 0.3 is 5.97 Å². The Bertz CT molecular complexity index is 1210. The third kappa shape index (κ3) is 22.4. The van der Waals surface area contributed by atoms with Gasteiger partial charge in [-0.3, -0.25) is 4.79 Å². The maximum absolute atomic E-state index is 12.9. The number of carbonyl (C=O) groups is 1. The summed E-state index contributed by atoms with van der Waals surface area (Å²) in [5, 5.41) is 71.8. The molecule has 340 valence electrons. The molecule has 0 aromatic heterocycles. The molecule has 14 heteroatoms. The second-order valence-corrected chi connectivity index (χ2v) is 15.1. The van der Waals surface area contributed by atoms with Gasteiger partial charge in [0.2, 0.25) is 0 Å². The van der Waals surface area contributed by atoms with Crippen LogP contribution in [0.2, 0.25) is 0 Å². The van der Waals surface area contributed by atoms with E-state index < -0.39 is 86.7 Å². The molecule has 11 unspecified atom stereocenters. The number of allylic oxidation sites excluding steroid dienone is 10. The van der Waals surface area contributed by atoms with E-state index in [-0.39, 0.29) is 19.6 Å². The predicted molar refractivity (Wildman–Crippen MR) is 224 cm³/mol. The zero-order valence-corrected chi connectivity index (χ0v) is 35.5. The lowest BCUT2D eigenvalue weighted by molar-refractivity contribution is -0.332. The van der Waals surface area contributed by atoms with Gasteiger partial charge in [-0.25, -0.2) is 0 Å². The molecule has 0 spiro atoms. The average Bonchev–Trinajstić information content (AvgIpc) is 3.23. The van der Waals surface area contributed by atoms with E-state index in [1.165, 1.54) is 25.7 Å². The SMILES string of the molecule is CC/C=C\C/C=C\C/C=C\C/C=C\CCC(=O)OC(COCCCCCCCC/C=C\CCCC)COC1OC(COC2OC(CO)C(O)C(O)C2O)C(O)C(O)C1O. The molecule has 2 saturated heterocycles. The van der Waals surface area contributed by atoms with E-state index in [1.807, 2.05) is 12.2 Å². The van der Waals surface area contributed by atoms with E-state index in [9.17, 15) is 40.5 Å². The highest BCUT2D eigenvalue weighted by Crippen LogP contribution is 2.26. The first kappa shape index (κ1) is 52.8. The maximum atomic E-state index is 12.9. The van der Waals surface area contributed by atoms with Crippen LogP contribution < -0.4 is 0 Å². The van der Waals surface area contributed by atoms with Crippen LogP contribution >= 0.6 is 0 Å². The first-order chi connectivity index (χ1) is 28.6. The Labute approximate surface area is 352 Å². The number of aliphatic hydroxyl groups excluding tert-OH is 7. The Morgan fingerprint density at radius 1 is 0.576 bits per heavy atom. The normalized spacial score (nSPS) is 28.6. The summed E-state index contributed by atoms with van der Waals surface area (Å²) < 4.78 is 34.0. The van der Waals surface area contributed by atoms with Crippen molar-refractivity contribution < 1.29 is 69.0 Å². The van der Waals surface area contributed by atoms with Crippen molar-refractivity contribution in [2.24, 2.45) is 0 Å². The van der Waals surface area contributed by atoms with Crippen LogP contribution in [0.3, 0.4) is 0 Å². The Hall–Kier alpha value is -2.31. The maximum Gasteiger partial charge on any atom is 0.306 e. The largest absolute Gasteiger partial charge is 0.457 e. The fourth-order valence-corrected chi connectivity index (χ4v) is 6.39. The van der Waals surface area contributed by atoms with Gasteiger partial charge < -0.3 is 64.2 Å². The lowest BCUT2D eigenvalue weighted by Gasteiger charge is -2.42. The Morgan fingerprint density at radius 3 is 1.73 bits per heavy atom. The molecular weight excluding hydrogens is 764 g/mol. The highest BCUT2D eigenvalue weighted by molar-refractivity contribution is 5.69. The minimum atomic E-state index is -1.72. The summed E-state index contributed by atoms with van der Waals surface area (Å²) in [6.07, 6.45) is 20.3. The molecule has 2 heterocycles. The van der Waals surface area contributed by atoms with Gasteiger partial charge in [-0.1, -0.05) is 113 Å². The van der Waals surface area contributed by atoms with Crippen molar-refractivity contribution in [1.82, 2.24) is 0 Å². The molecule has 0 bridgehead atoms. The first-order valence-corrected chi connectivity index (χ1v) is 21.9. The minimum absolute atomic E-state index is 0.0255. The van der Waals surface area contributed by atoms with E-state index in [0.717, 1.165) is 64.2 Å². The van der Waals surface area contributed by atoms with Crippen molar-refractivity contribution in [3.63, 3.8) is 0 Å². The second-order valence-electron chi connectivity index (χ2n) is 15.1. The summed E-state index contributed by atoms with van der Waals surface area (Å²) in [6.45, 7) is 3.38. The number of rotatable bonds is 32. The van der Waals surface area contributed by atoms with Gasteiger partial charge in [0, 0.05) is 13.0 Å². The summed E-state index contributed by atoms with van der Waals surface area (Å²) in [7, 11) is 0. The van der Waals surface area contributed by atoms with Crippen molar-refractivity contribution in [1.29, 1.82) is 0 Å². The van der Waals surface area contributed by atoms with Crippen LogP contribution in [-0.4, -0.2) is 142 Å². The van der Waals surface area contributed by atoms with Crippen LogP contribution in [0.15, 0.2) is 60.8 Å². The van der Waals surface area contributed by atoms with Gasteiger partial charge in [-0.15, -0.1) is 0 Å². The van der Waals surface area contributed by atoms with E-state index in [0.29, 0.717) is 13.0 Å². The molecular formula is C45H76O14. The fourth-order valence-electron chi connectivity index (χ4n) is 6.39. The van der Waals surface area contributed by atoms with Gasteiger partial charge in [-0.2, -0.15) is 0 Å². The summed E-state index contributed by atoms with van der Waals surface area (Å²) in [5.41, 5.74) is 0. The third-order valence-electron chi connectivity index (χ3n) is 10.0. The van der Waals surface area contributed by atoms with Crippen LogP contribution in [0.5, 0.6) is 0 Å². The summed E-state index contributed by atoms with van der Waals surface area (Å²) in [6, 6.07) is 0. The summed E-state index contributed by atoms with van der Waals surface area (Å²) >= 11 is 0. The fraction of sp³-hybridized carbons (Fsp3) is 0.756. The lowest BCUT2D eigenvalue weighted by Crippen LogP contribution is -2.61. The number of hydrogen-bond donors (Lipinski definition) is 7. The van der Waals surface area contributed by atoms with Crippen LogP contribution in [0.25, 0.3) is 0 Å². The molecule has 2 rings (SSSR count). The standard InChI is InChI=1S/C45H76O14/c1-3-5-7-9-11-13-15-17-18-20-22-24-26-28-37(47)57-34(31-54-29-27-25-23-21-19-16-14-12-10-8-6-4-2)32-55-44-43(53)41(51)39(49)36(59-44)33-56-45-42(52)40(50)38(48)35(30-46)58-45/h5,7,10-13,17-18,22,24,34-36,38-46,48-53H,3-4,6,8-9,14-16,19-21,23,25-33H2,1-2H3/b7-5-,12-10-,13-11-,18-17-,24-22-. The number of unbranched alkanes of at least 4 members (excludes halogenated alkanes) is 8. The number of ether oxygens (including phenoxy) is 6. The quantitative estimate of drug-likeness (QED) is 0.0280. The number of hydrogen-bond acceptors (Lipinski definition) is 14. The van der Waals surface area contributed by atoms with E-state index in [4.69, 9.17) is 28.4 Å². The van der Waals surface area contributed by atoms with Crippen molar-refractivity contribution in [2.75, 3.05) is 33.0 Å². The van der Waals surface area contributed by atoms with Crippen LogP contribution in [0.1, 0.15) is 117 Å². The van der Waals surface area contributed by atoms with E-state index in [2.05, 4.69) is 62.5 Å². The van der Waals surface area contributed by atoms with Gasteiger partial charge in [0.05, 0.1) is 26.4 Å². The molecule has 7 N–H and O–H groups in total. The zero-order valence-electron chi connectivity index (χ0n) is 35.5. The minimum Gasteiger partial charge on any atom is -0.457 e. The Balaban J connectivity index is 1.87. The highest BCUT2D eigenvalue weighted by Gasteiger charge is 2.47. The zero-order chi connectivity index (χ0) is 43.1. The van der Waals surface area contributed by atoms with Gasteiger partial charge in [0.1, 0.15) is 54.9 Å². The molecule has 2 fully saturated rings. The van der Waals surface area contributed by atoms with Crippen molar-refractivity contribution >= 4 is 5.97 Å².